The second kappa shape index (κ2) is 7.81. The van der Waals surface area contributed by atoms with Crippen LogP contribution in [-0.4, -0.2) is 25.0 Å². The molecule has 0 fully saturated rings. The number of aromatic nitrogens is 1. The monoisotopic (exact) mass is 354 g/mol. The van der Waals surface area contributed by atoms with Gasteiger partial charge in [0.2, 0.25) is 0 Å². The van der Waals surface area contributed by atoms with Gasteiger partial charge in [-0.25, -0.2) is 4.98 Å². The minimum Gasteiger partial charge on any atom is -0.493 e. The van der Waals surface area contributed by atoms with Gasteiger partial charge in [0.05, 0.1) is 18.3 Å². The summed E-state index contributed by atoms with van der Waals surface area (Å²) in [5, 5.41) is 1.93. The summed E-state index contributed by atoms with van der Waals surface area (Å²) in [6.07, 6.45) is 0. The SMILES string of the molecule is COc1cc(C(=O)N(C)c2ccccc2)ccc1OCc1cscn1. The summed E-state index contributed by atoms with van der Waals surface area (Å²) in [5.41, 5.74) is 3.98. The van der Waals surface area contributed by atoms with E-state index in [2.05, 4.69) is 4.98 Å². The number of methoxy groups -OCH3 is 1. The van der Waals surface area contributed by atoms with E-state index in [0.29, 0.717) is 23.7 Å². The molecule has 128 valence electrons. The molecule has 0 bridgehead atoms. The Morgan fingerprint density at radius 2 is 1.96 bits per heavy atom. The second-order valence-corrected chi connectivity index (χ2v) is 6.05. The van der Waals surface area contributed by atoms with Gasteiger partial charge in [-0.05, 0) is 30.3 Å². The van der Waals surface area contributed by atoms with Crippen LogP contribution in [0.5, 0.6) is 11.5 Å². The molecule has 0 spiro atoms. The first-order valence-corrected chi connectivity index (χ1v) is 8.64. The molecule has 0 aliphatic carbocycles. The fourth-order valence-electron chi connectivity index (χ4n) is 2.34. The van der Waals surface area contributed by atoms with Crippen LogP contribution in [0.1, 0.15) is 16.1 Å². The lowest BCUT2D eigenvalue weighted by Crippen LogP contribution is -2.26. The molecule has 2 aromatic carbocycles. The van der Waals surface area contributed by atoms with Crippen LogP contribution in [0, 0.1) is 0 Å². The van der Waals surface area contributed by atoms with Crippen LogP contribution in [0.4, 0.5) is 5.69 Å². The van der Waals surface area contributed by atoms with Gasteiger partial charge in [0.1, 0.15) is 6.61 Å². The average molecular weight is 354 g/mol. The molecular weight excluding hydrogens is 336 g/mol. The smallest absolute Gasteiger partial charge is 0.258 e. The minimum absolute atomic E-state index is 0.115. The lowest BCUT2D eigenvalue weighted by molar-refractivity contribution is 0.0992. The summed E-state index contributed by atoms with van der Waals surface area (Å²) in [5.74, 6) is 0.979. The van der Waals surface area contributed by atoms with E-state index in [1.165, 1.54) is 11.3 Å². The Morgan fingerprint density at radius 1 is 1.16 bits per heavy atom. The Kier molecular flexibility index (Phi) is 5.30. The van der Waals surface area contributed by atoms with Crippen molar-refractivity contribution >= 4 is 22.9 Å². The summed E-state index contributed by atoms with van der Waals surface area (Å²) in [7, 11) is 3.30. The summed E-state index contributed by atoms with van der Waals surface area (Å²) < 4.78 is 11.1. The van der Waals surface area contributed by atoms with E-state index < -0.39 is 0 Å². The van der Waals surface area contributed by atoms with E-state index in [0.717, 1.165) is 11.4 Å². The van der Waals surface area contributed by atoms with Crippen LogP contribution in [0.2, 0.25) is 0 Å². The van der Waals surface area contributed by atoms with Crippen molar-refractivity contribution in [3.63, 3.8) is 0 Å². The Bertz CT molecular complexity index is 835. The van der Waals surface area contributed by atoms with Crippen molar-refractivity contribution in [2.75, 3.05) is 19.1 Å². The first-order valence-electron chi connectivity index (χ1n) is 7.70. The molecule has 0 saturated heterocycles. The molecule has 0 aliphatic heterocycles. The van der Waals surface area contributed by atoms with E-state index in [1.54, 1.807) is 42.8 Å². The van der Waals surface area contributed by atoms with Gasteiger partial charge in [0, 0.05) is 23.7 Å². The predicted octanol–water partition coefficient (Wildman–Crippen LogP) is 4.01. The van der Waals surface area contributed by atoms with Gasteiger partial charge in [-0.2, -0.15) is 0 Å². The van der Waals surface area contributed by atoms with E-state index in [4.69, 9.17) is 9.47 Å². The Morgan fingerprint density at radius 3 is 2.64 bits per heavy atom. The Balaban J connectivity index is 1.77. The van der Waals surface area contributed by atoms with Gasteiger partial charge >= 0.3 is 0 Å². The zero-order valence-corrected chi connectivity index (χ0v) is 14.8. The third-order valence-electron chi connectivity index (χ3n) is 3.72. The summed E-state index contributed by atoms with van der Waals surface area (Å²) in [6, 6.07) is 14.7. The number of anilines is 1. The molecule has 0 radical (unpaired) electrons. The highest BCUT2D eigenvalue weighted by Gasteiger charge is 2.16. The molecule has 1 heterocycles. The molecule has 1 amide bonds. The summed E-state index contributed by atoms with van der Waals surface area (Å²) in [6.45, 7) is 0.358. The highest BCUT2D eigenvalue weighted by atomic mass is 32.1. The van der Waals surface area contributed by atoms with Gasteiger partial charge in [0.25, 0.3) is 5.91 Å². The lowest BCUT2D eigenvalue weighted by atomic mass is 10.1. The van der Waals surface area contributed by atoms with Crippen LogP contribution in [0.25, 0.3) is 0 Å². The molecular formula is C19H18N2O3S. The molecule has 1 aromatic heterocycles. The molecule has 3 aromatic rings. The molecule has 3 rings (SSSR count). The van der Waals surface area contributed by atoms with Crippen LogP contribution in [-0.2, 0) is 6.61 Å². The van der Waals surface area contributed by atoms with Gasteiger partial charge in [-0.15, -0.1) is 11.3 Å². The number of para-hydroxylation sites is 1. The van der Waals surface area contributed by atoms with E-state index >= 15 is 0 Å². The average Bonchev–Trinajstić information content (AvgIpc) is 3.19. The molecule has 5 nitrogen and oxygen atoms in total. The highest BCUT2D eigenvalue weighted by molar-refractivity contribution is 7.07. The van der Waals surface area contributed by atoms with Crippen LogP contribution >= 0.6 is 11.3 Å². The number of rotatable bonds is 6. The van der Waals surface area contributed by atoms with Crippen molar-refractivity contribution in [2.45, 2.75) is 6.61 Å². The molecule has 0 saturated carbocycles. The zero-order valence-electron chi connectivity index (χ0n) is 14.0. The van der Waals surface area contributed by atoms with Crippen molar-refractivity contribution in [1.82, 2.24) is 4.98 Å². The molecule has 0 N–H and O–H groups in total. The van der Waals surface area contributed by atoms with Gasteiger partial charge in [0.15, 0.2) is 11.5 Å². The first kappa shape index (κ1) is 17.0. The van der Waals surface area contributed by atoms with Crippen molar-refractivity contribution in [3.05, 3.63) is 70.7 Å². The fourth-order valence-corrected chi connectivity index (χ4v) is 2.89. The number of hydrogen-bond acceptors (Lipinski definition) is 5. The number of ether oxygens (including phenoxy) is 2. The van der Waals surface area contributed by atoms with E-state index in [1.807, 2.05) is 35.7 Å². The number of amides is 1. The van der Waals surface area contributed by atoms with Gasteiger partial charge in [-0.3, -0.25) is 4.79 Å². The van der Waals surface area contributed by atoms with E-state index in [-0.39, 0.29) is 5.91 Å². The first-order chi connectivity index (χ1) is 12.2. The van der Waals surface area contributed by atoms with Crippen LogP contribution in [0.15, 0.2) is 59.4 Å². The van der Waals surface area contributed by atoms with Crippen molar-refractivity contribution in [2.24, 2.45) is 0 Å². The van der Waals surface area contributed by atoms with Gasteiger partial charge < -0.3 is 14.4 Å². The molecule has 6 heteroatoms. The van der Waals surface area contributed by atoms with Crippen molar-refractivity contribution < 1.29 is 14.3 Å². The third-order valence-corrected chi connectivity index (χ3v) is 4.35. The minimum atomic E-state index is -0.115. The number of benzene rings is 2. The fraction of sp³-hybridized carbons (Fsp3) is 0.158. The Hall–Kier alpha value is -2.86. The van der Waals surface area contributed by atoms with Gasteiger partial charge in [-0.1, -0.05) is 18.2 Å². The van der Waals surface area contributed by atoms with Crippen molar-refractivity contribution in [3.8, 4) is 11.5 Å². The second-order valence-electron chi connectivity index (χ2n) is 5.33. The highest BCUT2D eigenvalue weighted by Crippen LogP contribution is 2.29. The standard InChI is InChI=1S/C19H18N2O3S/c1-21(16-6-4-3-5-7-16)19(22)14-8-9-17(18(10-14)23-2)24-11-15-12-25-13-20-15/h3-10,12-13H,11H2,1-2H3. The number of hydrogen-bond donors (Lipinski definition) is 0. The number of carbonyl (C=O) groups excluding carboxylic acids is 1. The normalized spacial score (nSPS) is 10.3. The molecule has 0 atom stereocenters. The number of nitrogens with zero attached hydrogens (tertiary/aromatic N) is 2. The molecule has 25 heavy (non-hydrogen) atoms. The zero-order chi connectivity index (χ0) is 17.6. The maximum atomic E-state index is 12.7. The van der Waals surface area contributed by atoms with Crippen molar-refractivity contribution in [1.29, 1.82) is 0 Å². The Labute approximate surface area is 150 Å². The van der Waals surface area contributed by atoms with E-state index in [9.17, 15) is 4.79 Å². The predicted molar refractivity (Wildman–Crippen MR) is 98.6 cm³/mol. The quantitative estimate of drug-likeness (QED) is 0.671. The largest absolute Gasteiger partial charge is 0.493 e. The summed E-state index contributed by atoms with van der Waals surface area (Å²) >= 11 is 1.52. The maximum Gasteiger partial charge on any atom is 0.258 e. The molecule has 0 aliphatic rings. The number of carbonyl (C=O) groups is 1. The maximum absolute atomic E-state index is 12.7. The lowest BCUT2D eigenvalue weighted by Gasteiger charge is -2.18. The summed E-state index contributed by atoms with van der Waals surface area (Å²) in [4.78, 5) is 18.5. The number of thiazole rings is 1. The third kappa shape index (κ3) is 3.97. The van der Waals surface area contributed by atoms with Crippen LogP contribution in [0.3, 0.4) is 0 Å². The van der Waals surface area contributed by atoms with Crippen LogP contribution < -0.4 is 14.4 Å². The topological polar surface area (TPSA) is 51.7 Å². The molecule has 0 unspecified atom stereocenters.